The summed E-state index contributed by atoms with van der Waals surface area (Å²) in [5, 5.41) is 15.0. The zero-order chi connectivity index (χ0) is 26.5. The number of nitro benzene ring substituents is 1. The van der Waals surface area contributed by atoms with Crippen LogP contribution in [0.3, 0.4) is 0 Å². The first-order chi connectivity index (χ1) is 18.5. The molecule has 2 atom stereocenters. The zero-order valence-corrected chi connectivity index (χ0v) is 20.7. The van der Waals surface area contributed by atoms with Gasteiger partial charge >= 0.3 is 0 Å². The van der Waals surface area contributed by atoms with Gasteiger partial charge in [0.25, 0.3) is 5.69 Å². The summed E-state index contributed by atoms with van der Waals surface area (Å²) >= 11 is 0. The van der Waals surface area contributed by atoms with Crippen LogP contribution in [0.4, 0.5) is 5.69 Å². The Labute approximate surface area is 220 Å². The maximum atomic E-state index is 13.9. The number of amides is 2. The first kappa shape index (κ1) is 25.3. The van der Waals surface area contributed by atoms with Gasteiger partial charge in [-0.05, 0) is 28.8 Å². The highest BCUT2D eigenvalue weighted by molar-refractivity contribution is 5.91. The molecule has 5 rings (SSSR count). The first-order valence-electron chi connectivity index (χ1n) is 12.6. The summed E-state index contributed by atoms with van der Waals surface area (Å²) in [6, 6.07) is 25.3. The lowest BCUT2D eigenvalue weighted by Gasteiger charge is -2.52. The summed E-state index contributed by atoms with van der Waals surface area (Å²) in [4.78, 5) is 39.7. The van der Waals surface area contributed by atoms with Crippen molar-refractivity contribution in [2.75, 3.05) is 26.3 Å². The Hall–Kier alpha value is -4.37. The fourth-order valence-electron chi connectivity index (χ4n) is 5.48. The van der Waals surface area contributed by atoms with E-state index in [-0.39, 0.29) is 29.3 Å². The third-order valence-electron chi connectivity index (χ3n) is 7.32. The van der Waals surface area contributed by atoms with Gasteiger partial charge in [-0.25, -0.2) is 5.43 Å². The maximum absolute atomic E-state index is 13.9. The van der Waals surface area contributed by atoms with Crippen LogP contribution in [0.2, 0.25) is 0 Å². The second kappa shape index (κ2) is 11.4. The van der Waals surface area contributed by atoms with E-state index < -0.39 is 16.8 Å². The van der Waals surface area contributed by atoms with Crippen molar-refractivity contribution in [3.8, 4) is 0 Å². The molecule has 0 radical (unpaired) electrons. The van der Waals surface area contributed by atoms with E-state index in [9.17, 15) is 19.7 Å². The van der Waals surface area contributed by atoms with Crippen molar-refractivity contribution >= 4 is 23.7 Å². The molecule has 1 N–H and O–H groups in total. The molecule has 194 valence electrons. The lowest BCUT2D eigenvalue weighted by molar-refractivity contribution is -0.384. The topological polar surface area (TPSA) is 114 Å². The minimum absolute atomic E-state index is 0.0203. The molecule has 2 amide bonds. The molecule has 1 aliphatic carbocycles. The van der Waals surface area contributed by atoms with E-state index in [0.717, 1.165) is 11.1 Å². The Balaban J connectivity index is 1.43. The van der Waals surface area contributed by atoms with Gasteiger partial charge in [0.2, 0.25) is 11.8 Å². The first-order valence-corrected chi connectivity index (χ1v) is 12.6. The van der Waals surface area contributed by atoms with Crippen molar-refractivity contribution in [1.29, 1.82) is 0 Å². The van der Waals surface area contributed by atoms with Gasteiger partial charge in [0, 0.05) is 37.1 Å². The van der Waals surface area contributed by atoms with Crippen LogP contribution in [-0.2, 0) is 14.3 Å². The van der Waals surface area contributed by atoms with Crippen LogP contribution >= 0.6 is 0 Å². The number of hydrogen-bond donors (Lipinski definition) is 1. The van der Waals surface area contributed by atoms with Gasteiger partial charge in [0.05, 0.1) is 36.2 Å². The molecule has 1 saturated heterocycles. The molecule has 3 aromatic carbocycles. The standard InChI is InChI=1S/C29H28N4O5/c34-28(31-30-19-20-11-13-23(14-12-20)33(36)37)26-24(21-7-3-1-4-8-21)27(25(26)22-9-5-2-6-10-22)29(35)32-15-17-38-18-16-32/h1-14,19,24-27H,15-18H2,(H,31,34). The Morgan fingerprint density at radius 2 is 1.42 bits per heavy atom. The molecule has 9 heteroatoms. The van der Waals surface area contributed by atoms with Crippen molar-refractivity contribution in [3.05, 3.63) is 112 Å². The van der Waals surface area contributed by atoms with Crippen molar-refractivity contribution in [3.63, 3.8) is 0 Å². The number of rotatable bonds is 7. The molecule has 0 spiro atoms. The SMILES string of the molecule is O=C(NN=Cc1ccc([N+](=O)[O-])cc1)C1C(c2ccccc2)C(C(=O)N2CCOCC2)C1c1ccccc1. The summed E-state index contributed by atoms with van der Waals surface area (Å²) in [5.41, 5.74) is 5.13. The number of hydrazone groups is 1. The fourth-order valence-corrected chi connectivity index (χ4v) is 5.48. The normalized spacial score (nSPS) is 23.0. The Morgan fingerprint density at radius 3 is 1.95 bits per heavy atom. The van der Waals surface area contributed by atoms with Gasteiger partial charge in [0.1, 0.15) is 0 Å². The fraction of sp³-hybridized carbons (Fsp3) is 0.276. The van der Waals surface area contributed by atoms with Gasteiger partial charge in [-0.2, -0.15) is 5.10 Å². The third kappa shape index (κ3) is 5.19. The van der Waals surface area contributed by atoms with Crippen molar-refractivity contribution in [1.82, 2.24) is 10.3 Å². The van der Waals surface area contributed by atoms with Crippen molar-refractivity contribution in [2.24, 2.45) is 16.9 Å². The number of ether oxygens (including phenoxy) is 1. The number of nitrogens with one attached hydrogen (secondary N) is 1. The van der Waals surface area contributed by atoms with Gasteiger partial charge < -0.3 is 9.64 Å². The van der Waals surface area contributed by atoms with Crippen LogP contribution in [0.5, 0.6) is 0 Å². The van der Waals surface area contributed by atoms with Crippen LogP contribution in [-0.4, -0.2) is 54.2 Å². The number of non-ortho nitro benzene ring substituents is 1. The Bertz CT molecular complexity index is 1260. The number of carbonyl (C=O) groups excluding carboxylic acids is 2. The number of nitrogens with zero attached hydrogens (tertiary/aromatic N) is 3. The number of benzene rings is 3. The number of hydrogen-bond acceptors (Lipinski definition) is 6. The predicted molar refractivity (Wildman–Crippen MR) is 142 cm³/mol. The number of carbonyl (C=O) groups is 2. The molecule has 0 aromatic heterocycles. The molecular weight excluding hydrogens is 484 g/mol. The monoisotopic (exact) mass is 512 g/mol. The van der Waals surface area contributed by atoms with Crippen LogP contribution in [0.25, 0.3) is 0 Å². The van der Waals surface area contributed by atoms with Crippen LogP contribution in [0.1, 0.15) is 28.5 Å². The third-order valence-corrected chi connectivity index (χ3v) is 7.32. The number of morpholine rings is 1. The molecular formula is C29H28N4O5. The molecule has 2 unspecified atom stereocenters. The van der Waals surface area contributed by atoms with E-state index in [0.29, 0.717) is 31.9 Å². The summed E-state index contributed by atoms with van der Waals surface area (Å²) in [6.45, 7) is 2.08. The Morgan fingerprint density at radius 1 is 0.868 bits per heavy atom. The lowest BCUT2D eigenvalue weighted by atomic mass is 9.51. The molecule has 1 aliphatic heterocycles. The molecule has 1 saturated carbocycles. The summed E-state index contributed by atoms with van der Waals surface area (Å²) in [7, 11) is 0. The molecule has 2 fully saturated rings. The zero-order valence-electron chi connectivity index (χ0n) is 20.7. The van der Waals surface area contributed by atoms with Gasteiger partial charge in [-0.3, -0.25) is 19.7 Å². The minimum Gasteiger partial charge on any atom is -0.378 e. The lowest BCUT2D eigenvalue weighted by Crippen LogP contribution is -2.57. The summed E-state index contributed by atoms with van der Waals surface area (Å²) < 4.78 is 5.46. The Kier molecular flexibility index (Phi) is 7.55. The van der Waals surface area contributed by atoms with E-state index in [1.807, 2.05) is 65.6 Å². The van der Waals surface area contributed by atoms with E-state index in [1.54, 1.807) is 12.1 Å². The van der Waals surface area contributed by atoms with Crippen molar-refractivity contribution in [2.45, 2.75) is 11.8 Å². The molecule has 1 heterocycles. The summed E-state index contributed by atoms with van der Waals surface area (Å²) in [5.74, 6) is -1.78. The van der Waals surface area contributed by atoms with Gasteiger partial charge in [-0.15, -0.1) is 0 Å². The largest absolute Gasteiger partial charge is 0.378 e. The van der Waals surface area contributed by atoms with E-state index >= 15 is 0 Å². The number of nitro groups is 1. The average molecular weight is 513 g/mol. The molecule has 0 bridgehead atoms. The second-order valence-electron chi connectivity index (χ2n) is 9.45. The highest BCUT2D eigenvalue weighted by Gasteiger charge is 2.58. The van der Waals surface area contributed by atoms with E-state index in [1.165, 1.54) is 18.3 Å². The summed E-state index contributed by atoms with van der Waals surface area (Å²) in [6.07, 6.45) is 1.45. The molecule has 9 nitrogen and oxygen atoms in total. The second-order valence-corrected chi connectivity index (χ2v) is 9.45. The van der Waals surface area contributed by atoms with Crippen LogP contribution < -0.4 is 5.43 Å². The van der Waals surface area contributed by atoms with Crippen molar-refractivity contribution < 1.29 is 19.2 Å². The highest BCUT2D eigenvalue weighted by Crippen LogP contribution is 2.58. The maximum Gasteiger partial charge on any atom is 0.269 e. The average Bonchev–Trinajstić information content (AvgIpc) is 2.94. The smallest absolute Gasteiger partial charge is 0.269 e. The van der Waals surface area contributed by atoms with Crippen LogP contribution in [0.15, 0.2) is 90.0 Å². The van der Waals surface area contributed by atoms with Crippen LogP contribution in [0, 0.1) is 22.0 Å². The predicted octanol–water partition coefficient (Wildman–Crippen LogP) is 3.72. The quantitative estimate of drug-likeness (QED) is 0.294. The van der Waals surface area contributed by atoms with E-state index in [4.69, 9.17) is 4.74 Å². The molecule has 2 aliphatic rings. The minimum atomic E-state index is -0.510. The van der Waals surface area contributed by atoms with Gasteiger partial charge in [0.15, 0.2) is 0 Å². The highest BCUT2D eigenvalue weighted by atomic mass is 16.6. The van der Waals surface area contributed by atoms with E-state index in [2.05, 4.69) is 10.5 Å². The molecule has 38 heavy (non-hydrogen) atoms. The van der Waals surface area contributed by atoms with Gasteiger partial charge in [-0.1, -0.05) is 60.7 Å². The molecule has 3 aromatic rings.